The highest BCUT2D eigenvalue weighted by Crippen LogP contribution is 2.04. The fraction of sp³-hybridized carbons (Fsp3) is 0.833. The van der Waals surface area contributed by atoms with Crippen molar-refractivity contribution < 1.29 is 13.2 Å². The van der Waals surface area contributed by atoms with E-state index in [9.17, 15) is 8.42 Å². The molecule has 0 aliphatic carbocycles. The Morgan fingerprint density at radius 2 is 1.92 bits per heavy atom. The minimum absolute atomic E-state index is 0.177. The molecule has 0 bridgehead atoms. The lowest BCUT2D eigenvalue weighted by molar-refractivity contribution is 0.305. The maximum atomic E-state index is 11.0. The lowest BCUT2D eigenvalue weighted by atomic mass is 10.5. The van der Waals surface area contributed by atoms with Crippen LogP contribution in [0.4, 0.5) is 0 Å². The molecule has 0 atom stereocenters. The Labute approximate surface area is 77.4 Å². The van der Waals surface area contributed by atoms with Gasteiger partial charge in [-0.1, -0.05) is 0 Å². The highest BCUT2D eigenvalue weighted by Gasteiger charge is 2.23. The van der Waals surface area contributed by atoms with Gasteiger partial charge < -0.3 is 9.64 Å². The molecule has 1 heterocycles. The number of hydrogen-bond donors (Lipinski definition) is 0. The summed E-state index contributed by atoms with van der Waals surface area (Å²) in [5, 5.41) is 0.380. The molecule has 0 unspecified atom stereocenters. The number of hydrogen-bond acceptors (Lipinski definition) is 4. The third kappa shape index (κ3) is 2.31. The van der Waals surface area contributed by atoms with Crippen molar-refractivity contribution in [1.29, 1.82) is 0 Å². The molecule has 6 heteroatoms. The van der Waals surface area contributed by atoms with Gasteiger partial charge in [0.25, 0.3) is 5.17 Å². The average Bonchev–Trinajstić information content (AvgIpc) is 2.03. The molecular weight excluding hydrogens is 198 g/mol. The van der Waals surface area contributed by atoms with Gasteiger partial charge in [0.05, 0.1) is 18.6 Å². The minimum atomic E-state index is -2.81. The monoisotopic (exact) mass is 209 g/mol. The molecule has 70 valence electrons. The van der Waals surface area contributed by atoms with Crippen LogP contribution in [0.5, 0.6) is 0 Å². The predicted molar refractivity (Wildman–Crippen MR) is 49.8 cm³/mol. The third-order valence-corrected chi connectivity index (χ3v) is 3.81. The number of nitrogens with zero attached hydrogens (tertiary/aromatic N) is 1. The van der Waals surface area contributed by atoms with Crippen molar-refractivity contribution in [3.8, 4) is 0 Å². The Kier molecular flexibility index (Phi) is 2.89. The molecule has 0 amide bonds. The minimum Gasteiger partial charge on any atom is -0.474 e. The first-order chi connectivity index (χ1) is 5.55. The Morgan fingerprint density at radius 1 is 1.42 bits per heavy atom. The summed E-state index contributed by atoms with van der Waals surface area (Å²) in [7, 11) is -1.32. The van der Waals surface area contributed by atoms with Crippen molar-refractivity contribution in [2.24, 2.45) is 0 Å². The maximum Gasteiger partial charge on any atom is 0.259 e. The highest BCUT2D eigenvalue weighted by molar-refractivity contribution is 7.91. The summed E-state index contributed by atoms with van der Waals surface area (Å²) in [5.74, 6) is 0.354. The van der Waals surface area contributed by atoms with Gasteiger partial charge in [0.2, 0.25) is 0 Å². The number of rotatable bonds is 0. The summed E-state index contributed by atoms with van der Waals surface area (Å²) < 4.78 is 26.8. The SMILES string of the molecule is COC(=S)N1CCS(=O)(=O)CC1. The Morgan fingerprint density at radius 3 is 2.33 bits per heavy atom. The molecule has 0 aromatic rings. The van der Waals surface area contributed by atoms with Gasteiger partial charge in [-0.2, -0.15) is 0 Å². The van der Waals surface area contributed by atoms with E-state index in [2.05, 4.69) is 0 Å². The summed E-state index contributed by atoms with van der Waals surface area (Å²) in [6.45, 7) is 0.907. The van der Waals surface area contributed by atoms with Crippen LogP contribution in [0, 0.1) is 0 Å². The largest absolute Gasteiger partial charge is 0.474 e. The van der Waals surface area contributed by atoms with E-state index in [1.807, 2.05) is 0 Å². The van der Waals surface area contributed by atoms with E-state index < -0.39 is 9.84 Å². The molecule has 1 aliphatic heterocycles. The van der Waals surface area contributed by atoms with Gasteiger partial charge in [-0.25, -0.2) is 8.42 Å². The smallest absolute Gasteiger partial charge is 0.259 e. The summed E-state index contributed by atoms with van der Waals surface area (Å²) in [6.07, 6.45) is 0. The number of methoxy groups -OCH3 is 1. The van der Waals surface area contributed by atoms with Crippen LogP contribution in [0.15, 0.2) is 0 Å². The zero-order chi connectivity index (χ0) is 9.19. The van der Waals surface area contributed by atoms with Crippen molar-refractivity contribution in [2.45, 2.75) is 0 Å². The van der Waals surface area contributed by atoms with E-state index in [0.717, 1.165) is 0 Å². The molecular formula is C6H11NO3S2. The average molecular weight is 209 g/mol. The third-order valence-electron chi connectivity index (χ3n) is 1.78. The molecule has 0 spiro atoms. The van der Waals surface area contributed by atoms with Gasteiger partial charge in [0.1, 0.15) is 0 Å². The molecule has 0 saturated carbocycles. The highest BCUT2D eigenvalue weighted by atomic mass is 32.2. The van der Waals surface area contributed by atoms with Crippen molar-refractivity contribution >= 4 is 27.2 Å². The molecule has 4 nitrogen and oxygen atoms in total. The first-order valence-corrected chi connectivity index (χ1v) is 5.81. The van der Waals surface area contributed by atoms with E-state index in [4.69, 9.17) is 17.0 Å². The van der Waals surface area contributed by atoms with Crippen LogP contribution in [0.1, 0.15) is 0 Å². The lowest BCUT2D eigenvalue weighted by Crippen LogP contribution is -2.43. The number of thiocarbonyl (C=S) groups is 1. The second kappa shape index (κ2) is 3.57. The Hall–Kier alpha value is -0.360. The zero-order valence-corrected chi connectivity index (χ0v) is 8.45. The summed E-state index contributed by atoms with van der Waals surface area (Å²) in [5.41, 5.74) is 0. The van der Waals surface area contributed by atoms with Crippen molar-refractivity contribution in [2.75, 3.05) is 31.7 Å². The zero-order valence-electron chi connectivity index (χ0n) is 6.82. The van der Waals surface area contributed by atoms with Crippen LogP contribution in [0.3, 0.4) is 0 Å². The van der Waals surface area contributed by atoms with Gasteiger partial charge in [0, 0.05) is 13.1 Å². The standard InChI is InChI=1S/C6H11NO3S2/c1-10-6(11)7-2-4-12(8,9)5-3-7/h2-5H2,1H3. The first-order valence-electron chi connectivity index (χ1n) is 3.58. The van der Waals surface area contributed by atoms with E-state index >= 15 is 0 Å². The normalized spacial score (nSPS) is 21.9. The molecule has 1 aliphatic rings. The van der Waals surface area contributed by atoms with E-state index in [0.29, 0.717) is 18.3 Å². The molecule has 0 N–H and O–H groups in total. The molecule has 1 rings (SSSR count). The fourth-order valence-electron chi connectivity index (χ4n) is 1.02. The van der Waals surface area contributed by atoms with Crippen LogP contribution in [0.25, 0.3) is 0 Å². The van der Waals surface area contributed by atoms with Crippen LogP contribution in [0.2, 0.25) is 0 Å². The lowest BCUT2D eigenvalue weighted by Gasteiger charge is -2.27. The van der Waals surface area contributed by atoms with Crippen LogP contribution in [-0.4, -0.2) is 50.2 Å². The van der Waals surface area contributed by atoms with Gasteiger partial charge in [-0.3, -0.25) is 0 Å². The topological polar surface area (TPSA) is 46.6 Å². The van der Waals surface area contributed by atoms with Gasteiger partial charge >= 0.3 is 0 Å². The van der Waals surface area contributed by atoms with Gasteiger partial charge in [0.15, 0.2) is 9.84 Å². The quantitative estimate of drug-likeness (QED) is 0.510. The molecule has 0 aromatic heterocycles. The second-order valence-corrected chi connectivity index (χ2v) is 5.26. The van der Waals surface area contributed by atoms with E-state index in [1.165, 1.54) is 7.11 Å². The van der Waals surface area contributed by atoms with Crippen LogP contribution in [-0.2, 0) is 14.6 Å². The number of ether oxygens (including phenoxy) is 1. The Balaban J connectivity index is 2.52. The maximum absolute atomic E-state index is 11.0. The second-order valence-electron chi connectivity index (χ2n) is 2.61. The van der Waals surface area contributed by atoms with Crippen molar-refractivity contribution in [3.05, 3.63) is 0 Å². The summed E-state index contributed by atoms with van der Waals surface area (Å²) in [6, 6.07) is 0. The summed E-state index contributed by atoms with van der Waals surface area (Å²) in [4.78, 5) is 1.76. The molecule has 1 fully saturated rings. The van der Waals surface area contributed by atoms with Crippen molar-refractivity contribution in [3.63, 3.8) is 0 Å². The van der Waals surface area contributed by atoms with E-state index in [-0.39, 0.29) is 11.5 Å². The summed E-state index contributed by atoms with van der Waals surface area (Å²) >= 11 is 4.86. The Bertz CT molecular complexity index is 259. The first kappa shape index (κ1) is 9.73. The molecule has 0 radical (unpaired) electrons. The van der Waals surface area contributed by atoms with Gasteiger partial charge in [-0.15, -0.1) is 0 Å². The fourth-order valence-corrected chi connectivity index (χ4v) is 2.41. The van der Waals surface area contributed by atoms with E-state index in [1.54, 1.807) is 4.90 Å². The van der Waals surface area contributed by atoms with Crippen molar-refractivity contribution in [1.82, 2.24) is 4.90 Å². The number of sulfone groups is 1. The van der Waals surface area contributed by atoms with Gasteiger partial charge in [-0.05, 0) is 12.2 Å². The molecule has 0 aromatic carbocycles. The predicted octanol–water partition coefficient (Wildman–Crippen LogP) is -0.352. The molecule has 12 heavy (non-hydrogen) atoms. The van der Waals surface area contributed by atoms with Crippen LogP contribution < -0.4 is 0 Å². The molecule has 1 saturated heterocycles. The van der Waals surface area contributed by atoms with Crippen LogP contribution >= 0.6 is 12.2 Å².